The summed E-state index contributed by atoms with van der Waals surface area (Å²) in [6.45, 7) is 4.47. The molecule has 2 aliphatic heterocycles. The Labute approximate surface area is 130 Å². The lowest BCUT2D eigenvalue weighted by Crippen LogP contribution is -2.48. The van der Waals surface area contributed by atoms with Gasteiger partial charge in [-0.05, 0) is 44.0 Å². The largest absolute Gasteiger partial charge is 0.373 e. The molecule has 2 atom stereocenters. The smallest absolute Gasteiger partial charge is 0.243 e. The third-order valence-corrected chi connectivity index (χ3v) is 5.82. The van der Waals surface area contributed by atoms with Crippen LogP contribution in [-0.2, 0) is 26.0 Å². The molecule has 120 valence electrons. The van der Waals surface area contributed by atoms with Gasteiger partial charge < -0.3 is 10.1 Å². The lowest BCUT2D eigenvalue weighted by molar-refractivity contribution is -0.116. The Kier molecular flexibility index (Phi) is 3.96. The monoisotopic (exact) mass is 324 g/mol. The molecule has 3 rings (SSSR count). The number of carbonyl (C=O) groups is 1. The number of hydrogen-bond donors (Lipinski definition) is 1. The van der Waals surface area contributed by atoms with Crippen molar-refractivity contribution in [1.29, 1.82) is 0 Å². The maximum absolute atomic E-state index is 12.8. The predicted octanol–water partition coefficient (Wildman–Crippen LogP) is 1.37. The summed E-state index contributed by atoms with van der Waals surface area (Å²) in [4.78, 5) is 11.7. The molecule has 0 saturated carbocycles. The van der Waals surface area contributed by atoms with Crippen LogP contribution in [0.25, 0.3) is 0 Å². The number of benzene rings is 1. The van der Waals surface area contributed by atoms with E-state index in [0.29, 0.717) is 31.6 Å². The molecule has 0 bridgehead atoms. The van der Waals surface area contributed by atoms with Gasteiger partial charge in [0.25, 0.3) is 0 Å². The second kappa shape index (κ2) is 5.64. The number of morpholine rings is 1. The van der Waals surface area contributed by atoms with E-state index in [2.05, 4.69) is 5.32 Å². The molecule has 2 aliphatic rings. The quantitative estimate of drug-likeness (QED) is 0.891. The molecular formula is C15H20N2O4S. The number of sulfonamides is 1. The highest BCUT2D eigenvalue weighted by atomic mass is 32.2. The van der Waals surface area contributed by atoms with Crippen molar-refractivity contribution in [1.82, 2.24) is 4.31 Å². The Balaban J connectivity index is 1.91. The molecule has 0 aromatic heterocycles. The zero-order valence-electron chi connectivity index (χ0n) is 12.7. The number of rotatable bonds is 2. The summed E-state index contributed by atoms with van der Waals surface area (Å²) in [6.07, 6.45) is 0.730. The number of amides is 1. The van der Waals surface area contributed by atoms with Crippen LogP contribution in [0, 0.1) is 0 Å². The lowest BCUT2D eigenvalue weighted by Gasteiger charge is -2.34. The summed E-state index contributed by atoms with van der Waals surface area (Å²) in [6, 6.07) is 4.91. The van der Waals surface area contributed by atoms with Gasteiger partial charge in [-0.15, -0.1) is 0 Å². The lowest BCUT2D eigenvalue weighted by atomic mass is 10.0. The minimum Gasteiger partial charge on any atom is -0.373 e. The van der Waals surface area contributed by atoms with E-state index in [1.165, 1.54) is 4.31 Å². The molecule has 0 aliphatic carbocycles. The van der Waals surface area contributed by atoms with Gasteiger partial charge in [0.1, 0.15) is 0 Å². The molecule has 6 nitrogen and oxygen atoms in total. The Morgan fingerprint density at radius 2 is 1.86 bits per heavy atom. The van der Waals surface area contributed by atoms with Gasteiger partial charge in [0, 0.05) is 25.2 Å². The first-order valence-corrected chi connectivity index (χ1v) is 8.88. The minimum atomic E-state index is -3.53. The van der Waals surface area contributed by atoms with Gasteiger partial charge in [0.2, 0.25) is 15.9 Å². The van der Waals surface area contributed by atoms with E-state index < -0.39 is 10.0 Å². The zero-order chi connectivity index (χ0) is 15.9. The highest BCUT2D eigenvalue weighted by Gasteiger charge is 2.32. The van der Waals surface area contributed by atoms with E-state index in [1.54, 1.807) is 18.2 Å². The number of fused-ring (bicyclic) bond motifs is 1. The fourth-order valence-electron chi connectivity index (χ4n) is 3.00. The maximum Gasteiger partial charge on any atom is 0.243 e. The summed E-state index contributed by atoms with van der Waals surface area (Å²) in [5.74, 6) is -0.0288. The molecule has 7 heteroatoms. The SMILES string of the molecule is C[C@@H]1CN(S(=O)(=O)c2ccc3c(c2)CCC(=O)N3)C[C@H](C)O1. The van der Waals surface area contributed by atoms with Crippen molar-refractivity contribution in [2.24, 2.45) is 0 Å². The molecule has 0 radical (unpaired) electrons. The summed E-state index contributed by atoms with van der Waals surface area (Å²) < 4.78 is 32.7. The molecule has 1 fully saturated rings. The molecule has 2 heterocycles. The van der Waals surface area contributed by atoms with Crippen molar-refractivity contribution in [3.05, 3.63) is 23.8 Å². The van der Waals surface area contributed by atoms with Crippen molar-refractivity contribution < 1.29 is 17.9 Å². The van der Waals surface area contributed by atoms with Crippen LogP contribution in [-0.4, -0.2) is 43.9 Å². The van der Waals surface area contributed by atoms with E-state index in [9.17, 15) is 13.2 Å². The summed E-state index contributed by atoms with van der Waals surface area (Å²) in [5, 5.41) is 2.76. The number of ether oxygens (including phenoxy) is 1. The molecule has 1 aromatic carbocycles. The molecule has 1 aromatic rings. The number of anilines is 1. The molecule has 0 spiro atoms. The highest BCUT2D eigenvalue weighted by Crippen LogP contribution is 2.28. The average molecular weight is 324 g/mol. The van der Waals surface area contributed by atoms with Gasteiger partial charge in [0.05, 0.1) is 17.1 Å². The van der Waals surface area contributed by atoms with Crippen molar-refractivity contribution in [2.45, 2.75) is 43.8 Å². The van der Waals surface area contributed by atoms with E-state index >= 15 is 0 Å². The van der Waals surface area contributed by atoms with Crippen LogP contribution in [0.4, 0.5) is 5.69 Å². The van der Waals surface area contributed by atoms with Crippen LogP contribution < -0.4 is 5.32 Å². The molecule has 1 saturated heterocycles. The van der Waals surface area contributed by atoms with Crippen LogP contribution in [0.3, 0.4) is 0 Å². The molecule has 0 unspecified atom stereocenters. The Hall–Kier alpha value is -1.44. The van der Waals surface area contributed by atoms with Crippen LogP contribution in [0.5, 0.6) is 0 Å². The van der Waals surface area contributed by atoms with Gasteiger partial charge in [-0.1, -0.05) is 0 Å². The number of hydrogen-bond acceptors (Lipinski definition) is 4. The maximum atomic E-state index is 12.8. The highest BCUT2D eigenvalue weighted by molar-refractivity contribution is 7.89. The average Bonchev–Trinajstić information content (AvgIpc) is 2.45. The van der Waals surface area contributed by atoms with Gasteiger partial charge in [0.15, 0.2) is 0 Å². The van der Waals surface area contributed by atoms with Crippen molar-refractivity contribution in [3.8, 4) is 0 Å². The summed E-state index contributed by atoms with van der Waals surface area (Å²) >= 11 is 0. The number of carbonyl (C=O) groups excluding carboxylic acids is 1. The van der Waals surface area contributed by atoms with Crippen LogP contribution in [0.2, 0.25) is 0 Å². The number of nitrogens with one attached hydrogen (secondary N) is 1. The fraction of sp³-hybridized carbons (Fsp3) is 0.533. The van der Waals surface area contributed by atoms with E-state index in [4.69, 9.17) is 4.74 Å². The zero-order valence-corrected chi connectivity index (χ0v) is 13.5. The van der Waals surface area contributed by atoms with Gasteiger partial charge in [-0.3, -0.25) is 4.79 Å². The summed E-state index contributed by atoms with van der Waals surface area (Å²) in [5.41, 5.74) is 1.58. The normalized spacial score (nSPS) is 26.4. The molecule has 1 amide bonds. The fourth-order valence-corrected chi connectivity index (χ4v) is 4.64. The topological polar surface area (TPSA) is 75.7 Å². The van der Waals surface area contributed by atoms with Crippen LogP contribution in [0.15, 0.2) is 23.1 Å². The van der Waals surface area contributed by atoms with E-state index in [-0.39, 0.29) is 23.0 Å². The first-order chi connectivity index (χ1) is 10.4. The minimum absolute atomic E-state index is 0.0288. The van der Waals surface area contributed by atoms with Crippen molar-refractivity contribution in [3.63, 3.8) is 0 Å². The van der Waals surface area contributed by atoms with E-state index in [0.717, 1.165) is 5.56 Å². The Morgan fingerprint density at radius 3 is 2.55 bits per heavy atom. The first kappa shape index (κ1) is 15.5. The predicted molar refractivity (Wildman–Crippen MR) is 82.2 cm³/mol. The molecular weight excluding hydrogens is 304 g/mol. The Morgan fingerprint density at radius 1 is 1.18 bits per heavy atom. The Bertz CT molecular complexity index is 691. The van der Waals surface area contributed by atoms with Crippen molar-refractivity contribution >= 4 is 21.6 Å². The van der Waals surface area contributed by atoms with Gasteiger partial charge in [-0.2, -0.15) is 4.31 Å². The second-order valence-corrected chi connectivity index (χ2v) is 7.88. The van der Waals surface area contributed by atoms with E-state index in [1.807, 2.05) is 13.8 Å². The number of aryl methyl sites for hydroxylation is 1. The van der Waals surface area contributed by atoms with Gasteiger partial charge >= 0.3 is 0 Å². The number of nitrogens with zero attached hydrogens (tertiary/aromatic N) is 1. The van der Waals surface area contributed by atoms with Crippen molar-refractivity contribution in [2.75, 3.05) is 18.4 Å². The van der Waals surface area contributed by atoms with Gasteiger partial charge in [-0.25, -0.2) is 8.42 Å². The van der Waals surface area contributed by atoms with Crippen LogP contribution in [0.1, 0.15) is 25.8 Å². The standard InChI is InChI=1S/C15H20N2O4S/c1-10-8-17(9-11(2)21-10)22(19,20)13-4-5-14-12(7-13)3-6-15(18)16-14/h4-5,7,10-11H,3,6,8-9H2,1-2H3,(H,16,18)/t10-,11+. The third-order valence-electron chi connectivity index (χ3n) is 4.00. The summed E-state index contributed by atoms with van der Waals surface area (Å²) in [7, 11) is -3.53. The first-order valence-electron chi connectivity index (χ1n) is 7.44. The molecule has 1 N–H and O–H groups in total. The second-order valence-electron chi connectivity index (χ2n) is 5.95. The third kappa shape index (κ3) is 2.88. The van der Waals surface area contributed by atoms with Crippen LogP contribution >= 0.6 is 0 Å². The molecule has 22 heavy (non-hydrogen) atoms.